The third kappa shape index (κ3) is 4.94. The largest absolute Gasteiger partial charge is 0.488 e. The molecule has 0 spiro atoms. The van der Waals surface area contributed by atoms with E-state index in [4.69, 9.17) is 30.5 Å². The molecule has 2 aromatic rings. The fourth-order valence-electron chi connectivity index (χ4n) is 4.24. The third-order valence-electron chi connectivity index (χ3n) is 6.10. The number of halogens is 1. The van der Waals surface area contributed by atoms with E-state index in [0.29, 0.717) is 23.6 Å². The monoisotopic (exact) mass is 464 g/mol. The topological polar surface area (TPSA) is 97.6 Å². The SMILES string of the molecule is COC1(c2ccc(Cl)c(Cc3ccc(OC4CCOC4)cc3)c2)CC(O)C(O)C(CO)O1. The Balaban J connectivity index is 1.53. The lowest BCUT2D eigenvalue weighted by atomic mass is 9.89. The Morgan fingerprint density at radius 2 is 1.94 bits per heavy atom. The van der Waals surface area contributed by atoms with Gasteiger partial charge in [-0.2, -0.15) is 0 Å². The highest BCUT2D eigenvalue weighted by Crippen LogP contribution is 2.40. The number of rotatable bonds is 7. The zero-order valence-electron chi connectivity index (χ0n) is 17.9. The molecule has 2 fully saturated rings. The first kappa shape index (κ1) is 23.4. The van der Waals surface area contributed by atoms with Gasteiger partial charge in [0.1, 0.15) is 24.1 Å². The van der Waals surface area contributed by atoms with E-state index in [1.807, 2.05) is 30.3 Å². The molecule has 5 unspecified atom stereocenters. The van der Waals surface area contributed by atoms with Crippen molar-refractivity contribution in [2.75, 3.05) is 26.9 Å². The molecule has 2 aliphatic heterocycles. The fourth-order valence-corrected chi connectivity index (χ4v) is 4.42. The smallest absolute Gasteiger partial charge is 0.197 e. The maximum Gasteiger partial charge on any atom is 0.197 e. The predicted molar refractivity (Wildman–Crippen MR) is 118 cm³/mol. The second-order valence-electron chi connectivity index (χ2n) is 8.29. The van der Waals surface area contributed by atoms with Crippen LogP contribution in [-0.2, 0) is 26.4 Å². The maximum atomic E-state index is 10.3. The molecule has 32 heavy (non-hydrogen) atoms. The average Bonchev–Trinajstić information content (AvgIpc) is 3.31. The number of hydrogen-bond donors (Lipinski definition) is 3. The summed E-state index contributed by atoms with van der Waals surface area (Å²) < 4.78 is 22.8. The van der Waals surface area contributed by atoms with Gasteiger partial charge in [0.2, 0.25) is 0 Å². The van der Waals surface area contributed by atoms with E-state index in [2.05, 4.69) is 0 Å². The summed E-state index contributed by atoms with van der Waals surface area (Å²) >= 11 is 6.48. The molecule has 0 radical (unpaired) electrons. The van der Waals surface area contributed by atoms with Crippen molar-refractivity contribution in [2.24, 2.45) is 0 Å². The van der Waals surface area contributed by atoms with E-state index < -0.39 is 30.7 Å². The number of aliphatic hydroxyl groups excluding tert-OH is 3. The average molecular weight is 465 g/mol. The summed E-state index contributed by atoms with van der Waals surface area (Å²) in [5, 5.41) is 30.6. The van der Waals surface area contributed by atoms with Crippen LogP contribution >= 0.6 is 11.6 Å². The molecule has 7 nitrogen and oxygen atoms in total. The zero-order valence-corrected chi connectivity index (χ0v) is 18.7. The molecule has 2 heterocycles. The Morgan fingerprint density at radius 3 is 2.59 bits per heavy atom. The molecule has 0 saturated carbocycles. The number of aliphatic hydroxyl groups is 3. The number of methoxy groups -OCH3 is 1. The highest BCUT2D eigenvalue weighted by Gasteiger charge is 2.47. The van der Waals surface area contributed by atoms with Gasteiger partial charge in [-0.05, 0) is 41.8 Å². The van der Waals surface area contributed by atoms with Crippen molar-refractivity contribution in [2.45, 2.75) is 49.5 Å². The van der Waals surface area contributed by atoms with Crippen LogP contribution in [0, 0.1) is 0 Å². The third-order valence-corrected chi connectivity index (χ3v) is 6.47. The lowest BCUT2D eigenvalue weighted by Crippen LogP contribution is -2.55. The van der Waals surface area contributed by atoms with E-state index in [1.165, 1.54) is 7.11 Å². The molecule has 0 bridgehead atoms. The molecule has 4 rings (SSSR count). The van der Waals surface area contributed by atoms with Crippen LogP contribution in [0.2, 0.25) is 5.02 Å². The van der Waals surface area contributed by atoms with Gasteiger partial charge in [-0.1, -0.05) is 29.8 Å². The van der Waals surface area contributed by atoms with Crippen LogP contribution in [0.15, 0.2) is 42.5 Å². The highest BCUT2D eigenvalue weighted by molar-refractivity contribution is 6.31. The van der Waals surface area contributed by atoms with Crippen LogP contribution in [0.5, 0.6) is 5.75 Å². The molecule has 2 aliphatic rings. The van der Waals surface area contributed by atoms with Crippen molar-refractivity contribution in [1.29, 1.82) is 0 Å². The first-order valence-electron chi connectivity index (χ1n) is 10.8. The van der Waals surface area contributed by atoms with Crippen molar-refractivity contribution in [3.63, 3.8) is 0 Å². The van der Waals surface area contributed by atoms with Crippen molar-refractivity contribution in [1.82, 2.24) is 0 Å². The standard InChI is InChI=1S/C24H29ClO7/c1-29-24(12-21(27)23(28)22(13-26)32-24)17-4-7-20(25)16(11-17)10-15-2-5-18(6-3-15)31-19-8-9-30-14-19/h2-7,11,19,21-23,26-28H,8-10,12-14H2,1H3. The fraction of sp³-hybridized carbons (Fsp3) is 0.500. The second kappa shape index (κ2) is 10.1. The minimum Gasteiger partial charge on any atom is -0.488 e. The molecule has 0 amide bonds. The molecule has 2 aromatic carbocycles. The summed E-state index contributed by atoms with van der Waals surface area (Å²) in [4.78, 5) is 0. The quantitative estimate of drug-likeness (QED) is 0.578. The van der Waals surface area contributed by atoms with Crippen LogP contribution in [0.4, 0.5) is 0 Å². The van der Waals surface area contributed by atoms with Crippen LogP contribution in [-0.4, -0.2) is 66.7 Å². The number of hydrogen-bond acceptors (Lipinski definition) is 7. The summed E-state index contributed by atoms with van der Waals surface area (Å²) in [5.74, 6) is -0.493. The Hall–Kier alpha value is -1.71. The zero-order chi connectivity index (χ0) is 22.7. The van der Waals surface area contributed by atoms with Gasteiger partial charge in [-0.25, -0.2) is 0 Å². The maximum absolute atomic E-state index is 10.3. The first-order valence-corrected chi connectivity index (χ1v) is 11.1. The van der Waals surface area contributed by atoms with E-state index in [1.54, 1.807) is 12.1 Å². The predicted octanol–water partition coefficient (Wildman–Crippen LogP) is 2.40. The molecule has 8 heteroatoms. The first-order chi connectivity index (χ1) is 15.4. The van der Waals surface area contributed by atoms with Gasteiger partial charge in [0.15, 0.2) is 5.79 Å². The van der Waals surface area contributed by atoms with Crippen LogP contribution in [0.1, 0.15) is 29.5 Å². The van der Waals surface area contributed by atoms with Crippen molar-refractivity contribution in [3.05, 3.63) is 64.2 Å². The van der Waals surface area contributed by atoms with Gasteiger partial charge >= 0.3 is 0 Å². The number of ether oxygens (including phenoxy) is 4. The van der Waals surface area contributed by atoms with Crippen LogP contribution in [0.25, 0.3) is 0 Å². The number of benzene rings is 2. The van der Waals surface area contributed by atoms with Crippen molar-refractivity contribution in [3.8, 4) is 5.75 Å². The molecule has 174 valence electrons. The van der Waals surface area contributed by atoms with E-state index in [-0.39, 0.29) is 12.5 Å². The van der Waals surface area contributed by atoms with E-state index in [9.17, 15) is 15.3 Å². The lowest BCUT2D eigenvalue weighted by molar-refractivity contribution is -0.323. The molecule has 3 N–H and O–H groups in total. The molecule has 0 aliphatic carbocycles. The minimum absolute atomic E-state index is 0.0269. The van der Waals surface area contributed by atoms with Crippen LogP contribution < -0.4 is 4.74 Å². The summed E-state index contributed by atoms with van der Waals surface area (Å²) in [5.41, 5.74) is 2.58. The summed E-state index contributed by atoms with van der Waals surface area (Å²) in [6.07, 6.45) is -1.65. The molecule has 5 atom stereocenters. The van der Waals surface area contributed by atoms with Crippen LogP contribution in [0.3, 0.4) is 0 Å². The molecule has 2 saturated heterocycles. The van der Waals surface area contributed by atoms with Gasteiger partial charge in [0, 0.05) is 30.5 Å². The minimum atomic E-state index is -1.30. The molecular weight excluding hydrogens is 436 g/mol. The Morgan fingerprint density at radius 1 is 1.16 bits per heavy atom. The van der Waals surface area contributed by atoms with Gasteiger partial charge in [-0.3, -0.25) is 0 Å². The summed E-state index contributed by atoms with van der Waals surface area (Å²) in [6.45, 7) is 0.917. The summed E-state index contributed by atoms with van der Waals surface area (Å²) in [7, 11) is 1.47. The Kier molecular flexibility index (Phi) is 7.37. The van der Waals surface area contributed by atoms with Gasteiger partial charge < -0.3 is 34.3 Å². The van der Waals surface area contributed by atoms with Crippen molar-refractivity contribution < 1.29 is 34.3 Å². The Bertz CT molecular complexity index is 900. The lowest BCUT2D eigenvalue weighted by Gasteiger charge is -2.44. The Labute approximate surface area is 192 Å². The van der Waals surface area contributed by atoms with Gasteiger partial charge in [-0.15, -0.1) is 0 Å². The molecule has 0 aromatic heterocycles. The second-order valence-corrected chi connectivity index (χ2v) is 8.70. The van der Waals surface area contributed by atoms with E-state index in [0.717, 1.165) is 29.9 Å². The normalized spacial score (nSPS) is 30.4. The van der Waals surface area contributed by atoms with Gasteiger partial charge in [0.05, 0.1) is 25.9 Å². The molecular formula is C24H29ClO7. The highest BCUT2D eigenvalue weighted by atomic mass is 35.5. The van der Waals surface area contributed by atoms with E-state index >= 15 is 0 Å². The summed E-state index contributed by atoms with van der Waals surface area (Å²) in [6, 6.07) is 13.3. The van der Waals surface area contributed by atoms with Crippen molar-refractivity contribution >= 4 is 11.6 Å². The van der Waals surface area contributed by atoms with Gasteiger partial charge in [0.25, 0.3) is 0 Å².